The van der Waals surface area contributed by atoms with Gasteiger partial charge < -0.3 is 0 Å². The predicted octanol–water partition coefficient (Wildman–Crippen LogP) is 2.11. The minimum absolute atomic E-state index is 0.0810. The lowest BCUT2D eigenvalue weighted by atomic mass is 10.3. The molecule has 0 unspecified atom stereocenters. The van der Waals surface area contributed by atoms with Crippen LogP contribution in [-0.4, -0.2) is 5.78 Å². The number of ketones is 1. The van der Waals surface area contributed by atoms with Crippen LogP contribution in [0, 0.1) is 0 Å². The molecule has 0 fully saturated rings. The number of hydrogen-bond acceptors (Lipinski definition) is 1. The Kier molecular flexibility index (Phi) is 3.53. The van der Waals surface area contributed by atoms with E-state index in [-0.39, 0.29) is 5.78 Å². The van der Waals surface area contributed by atoms with Crippen molar-refractivity contribution in [1.82, 2.24) is 0 Å². The molecular weight excluding hydrogens is 124 g/mol. The summed E-state index contributed by atoms with van der Waals surface area (Å²) in [6.07, 6.45) is 1.96. The molecule has 0 rings (SSSR count). The highest BCUT2D eigenvalue weighted by molar-refractivity contribution is 6.30. The molecule has 0 radical (unpaired) electrons. The Bertz CT molecular complexity index is 112. The van der Waals surface area contributed by atoms with Gasteiger partial charge in [0.25, 0.3) is 0 Å². The molecule has 0 aliphatic carbocycles. The van der Waals surface area contributed by atoms with Crippen LogP contribution < -0.4 is 0 Å². The summed E-state index contributed by atoms with van der Waals surface area (Å²) < 4.78 is 0. The summed E-state index contributed by atoms with van der Waals surface area (Å²) >= 11 is 5.39. The molecule has 8 heavy (non-hydrogen) atoms. The molecule has 0 atom stereocenters. The van der Waals surface area contributed by atoms with Gasteiger partial charge in [-0.15, -0.1) is 0 Å². The zero-order valence-electron chi connectivity index (χ0n) is 5.07. The molecule has 0 bridgehead atoms. The monoisotopic (exact) mass is 132 g/mol. The lowest BCUT2D eigenvalue weighted by molar-refractivity contribution is -0.114. The fourth-order valence-corrected chi connectivity index (χ4v) is 0.446. The molecule has 46 valence electrons. The largest absolute Gasteiger partial charge is 0.295 e. The summed E-state index contributed by atoms with van der Waals surface area (Å²) in [5.74, 6) is 0.0810. The van der Waals surface area contributed by atoms with Crippen molar-refractivity contribution in [1.29, 1.82) is 0 Å². The maximum Gasteiger partial charge on any atom is 0.156 e. The molecule has 0 aromatic carbocycles. The number of rotatable bonds is 2. The van der Waals surface area contributed by atoms with E-state index in [2.05, 4.69) is 0 Å². The Morgan fingerprint density at radius 1 is 1.75 bits per heavy atom. The minimum atomic E-state index is 0.0810. The van der Waals surface area contributed by atoms with E-state index in [1.54, 1.807) is 13.8 Å². The fraction of sp³-hybridized carbons (Fsp3) is 0.500. The van der Waals surface area contributed by atoms with Gasteiger partial charge >= 0.3 is 0 Å². The molecule has 0 saturated carbocycles. The first-order valence-corrected chi connectivity index (χ1v) is 2.91. The van der Waals surface area contributed by atoms with Crippen molar-refractivity contribution in [2.45, 2.75) is 20.3 Å². The minimum Gasteiger partial charge on any atom is -0.295 e. The summed E-state index contributed by atoms with van der Waals surface area (Å²) in [6.45, 7) is 3.49. The van der Waals surface area contributed by atoms with Crippen LogP contribution in [-0.2, 0) is 4.79 Å². The number of carbonyl (C=O) groups excluding carboxylic acids is 1. The first kappa shape index (κ1) is 7.70. The average Bonchev–Trinajstić information content (AvgIpc) is 1.65. The normalized spacial score (nSPS) is 11.6. The van der Waals surface area contributed by atoms with Gasteiger partial charge in [0.05, 0.1) is 0 Å². The van der Waals surface area contributed by atoms with E-state index in [9.17, 15) is 4.79 Å². The third-order valence-electron chi connectivity index (χ3n) is 0.708. The molecular formula is C6H9ClO. The summed E-state index contributed by atoms with van der Waals surface area (Å²) in [5.41, 5.74) is 0. The number of hydrogen-bond donors (Lipinski definition) is 0. The lowest BCUT2D eigenvalue weighted by Gasteiger charge is -1.83. The van der Waals surface area contributed by atoms with E-state index in [0.717, 1.165) is 0 Å². The maximum atomic E-state index is 10.5. The summed E-state index contributed by atoms with van der Waals surface area (Å²) in [7, 11) is 0. The molecule has 0 heterocycles. The fourth-order valence-electron chi connectivity index (χ4n) is 0.324. The Labute approximate surface area is 54.3 Å². The van der Waals surface area contributed by atoms with Gasteiger partial charge in [0.15, 0.2) is 5.78 Å². The summed E-state index contributed by atoms with van der Waals surface area (Å²) in [4.78, 5) is 10.5. The van der Waals surface area contributed by atoms with Crippen molar-refractivity contribution >= 4 is 17.4 Å². The van der Waals surface area contributed by atoms with E-state index >= 15 is 0 Å². The van der Waals surface area contributed by atoms with Crippen molar-refractivity contribution in [2.24, 2.45) is 0 Å². The Balaban J connectivity index is 3.70. The second kappa shape index (κ2) is 3.67. The average molecular weight is 133 g/mol. The molecule has 0 N–H and O–H groups in total. The first-order chi connectivity index (χ1) is 3.66. The van der Waals surface area contributed by atoms with Crippen molar-refractivity contribution in [3.63, 3.8) is 0 Å². The van der Waals surface area contributed by atoms with Gasteiger partial charge in [-0.05, 0) is 13.0 Å². The maximum absolute atomic E-state index is 10.5. The van der Waals surface area contributed by atoms with Crippen LogP contribution in [0.2, 0.25) is 0 Å². The summed E-state index contributed by atoms with van der Waals surface area (Å²) in [6, 6.07) is 0. The van der Waals surface area contributed by atoms with Crippen LogP contribution in [0.3, 0.4) is 0 Å². The molecule has 0 aliphatic heterocycles. The van der Waals surface area contributed by atoms with Crippen LogP contribution in [0.25, 0.3) is 0 Å². The van der Waals surface area contributed by atoms with Crippen LogP contribution in [0.5, 0.6) is 0 Å². The molecule has 0 aromatic rings. The molecule has 0 aromatic heterocycles. The van der Waals surface area contributed by atoms with Gasteiger partial charge in [-0.3, -0.25) is 4.79 Å². The van der Waals surface area contributed by atoms with Crippen LogP contribution in [0.15, 0.2) is 11.1 Å². The van der Waals surface area contributed by atoms with Gasteiger partial charge in [-0.1, -0.05) is 18.5 Å². The second-order valence-electron chi connectivity index (χ2n) is 1.55. The molecule has 0 spiro atoms. The van der Waals surface area contributed by atoms with Crippen molar-refractivity contribution in [3.8, 4) is 0 Å². The number of allylic oxidation sites excluding steroid dienone is 2. The lowest BCUT2D eigenvalue weighted by Crippen LogP contribution is -1.86. The van der Waals surface area contributed by atoms with Gasteiger partial charge in [-0.25, -0.2) is 0 Å². The Hall–Kier alpha value is -0.300. The first-order valence-electron chi connectivity index (χ1n) is 2.53. The highest BCUT2D eigenvalue weighted by atomic mass is 35.5. The summed E-state index contributed by atoms with van der Waals surface area (Å²) in [5, 5.41) is 0.553. The zero-order valence-corrected chi connectivity index (χ0v) is 5.83. The quantitative estimate of drug-likeness (QED) is 0.526. The van der Waals surface area contributed by atoms with E-state index in [0.29, 0.717) is 11.5 Å². The van der Waals surface area contributed by atoms with E-state index in [4.69, 9.17) is 11.6 Å². The third-order valence-corrected chi connectivity index (χ3v) is 0.817. The van der Waals surface area contributed by atoms with Crippen molar-refractivity contribution in [2.75, 3.05) is 0 Å². The predicted molar refractivity (Wildman–Crippen MR) is 34.9 cm³/mol. The highest BCUT2D eigenvalue weighted by Gasteiger charge is 1.89. The standard InChI is InChI=1S/C6H9ClO/c1-3-6(8)4-5(2)7/h4H,3H2,1-2H3/b5-4-. The molecule has 1 nitrogen and oxygen atoms in total. The smallest absolute Gasteiger partial charge is 0.156 e. The van der Waals surface area contributed by atoms with E-state index < -0.39 is 0 Å². The van der Waals surface area contributed by atoms with Crippen molar-refractivity contribution in [3.05, 3.63) is 11.1 Å². The molecule has 0 saturated heterocycles. The molecule has 0 aliphatic rings. The van der Waals surface area contributed by atoms with Gasteiger partial charge in [-0.2, -0.15) is 0 Å². The van der Waals surface area contributed by atoms with Crippen LogP contribution >= 0.6 is 11.6 Å². The van der Waals surface area contributed by atoms with Crippen LogP contribution in [0.1, 0.15) is 20.3 Å². The van der Waals surface area contributed by atoms with Crippen molar-refractivity contribution < 1.29 is 4.79 Å². The van der Waals surface area contributed by atoms with E-state index in [1.807, 2.05) is 0 Å². The molecule has 0 amide bonds. The number of carbonyl (C=O) groups is 1. The van der Waals surface area contributed by atoms with Crippen LogP contribution in [0.4, 0.5) is 0 Å². The zero-order chi connectivity index (χ0) is 6.57. The van der Waals surface area contributed by atoms with E-state index in [1.165, 1.54) is 6.08 Å². The highest BCUT2D eigenvalue weighted by Crippen LogP contribution is 1.98. The Morgan fingerprint density at radius 3 is 2.38 bits per heavy atom. The Morgan fingerprint density at radius 2 is 2.25 bits per heavy atom. The van der Waals surface area contributed by atoms with Gasteiger partial charge in [0, 0.05) is 11.5 Å². The van der Waals surface area contributed by atoms with Gasteiger partial charge in [0.1, 0.15) is 0 Å². The van der Waals surface area contributed by atoms with Gasteiger partial charge in [0.2, 0.25) is 0 Å². The topological polar surface area (TPSA) is 17.1 Å². The second-order valence-corrected chi connectivity index (χ2v) is 2.15. The molecule has 2 heteroatoms. The third kappa shape index (κ3) is 3.88. The number of halogens is 1. The SMILES string of the molecule is CCC(=O)/C=C(/C)Cl.